The number of rotatable bonds is 3. The molecule has 1 aromatic rings. The second kappa shape index (κ2) is 6.69. The first-order chi connectivity index (χ1) is 10.3. The highest BCUT2D eigenvalue weighted by Crippen LogP contribution is 2.23. The minimum Gasteiger partial charge on any atom is -0.444 e. The molecular formula is C16H21BrN2O3. The lowest BCUT2D eigenvalue weighted by atomic mass is 10.2. The number of alkyl halides is 1. The van der Waals surface area contributed by atoms with Crippen LogP contribution in [-0.4, -0.2) is 30.2 Å². The number of hydrogen-bond donors (Lipinski definition) is 1. The van der Waals surface area contributed by atoms with Crippen molar-refractivity contribution in [2.45, 2.75) is 44.2 Å². The molecule has 1 N–H and O–H groups in total. The fraction of sp³-hybridized carbons (Fsp3) is 0.500. The van der Waals surface area contributed by atoms with Gasteiger partial charge in [-0.3, -0.25) is 4.79 Å². The van der Waals surface area contributed by atoms with Gasteiger partial charge in [-0.1, -0.05) is 28.1 Å². The van der Waals surface area contributed by atoms with E-state index in [9.17, 15) is 9.59 Å². The van der Waals surface area contributed by atoms with Crippen LogP contribution in [0.15, 0.2) is 24.3 Å². The van der Waals surface area contributed by atoms with Gasteiger partial charge >= 0.3 is 6.09 Å². The first kappa shape index (κ1) is 16.8. The van der Waals surface area contributed by atoms with E-state index in [1.165, 1.54) is 0 Å². The largest absolute Gasteiger partial charge is 0.444 e. The second-order valence-electron chi connectivity index (χ2n) is 6.35. The van der Waals surface area contributed by atoms with Crippen LogP contribution in [0.1, 0.15) is 32.8 Å². The molecule has 0 bridgehead atoms. The van der Waals surface area contributed by atoms with E-state index in [-0.39, 0.29) is 11.9 Å². The maximum Gasteiger partial charge on any atom is 0.407 e. The third-order valence-electron chi connectivity index (χ3n) is 3.25. The fourth-order valence-electron chi connectivity index (χ4n) is 2.29. The van der Waals surface area contributed by atoms with Gasteiger partial charge in [0.05, 0.1) is 6.04 Å². The molecule has 1 fully saturated rings. The first-order valence-electron chi connectivity index (χ1n) is 7.23. The van der Waals surface area contributed by atoms with Crippen molar-refractivity contribution in [3.63, 3.8) is 0 Å². The molecule has 1 unspecified atom stereocenters. The summed E-state index contributed by atoms with van der Waals surface area (Å²) in [4.78, 5) is 25.6. The summed E-state index contributed by atoms with van der Waals surface area (Å²) in [6.45, 7) is 5.89. The molecule has 1 atom stereocenters. The predicted molar refractivity (Wildman–Crippen MR) is 89.2 cm³/mol. The van der Waals surface area contributed by atoms with Crippen LogP contribution in [0.25, 0.3) is 0 Å². The SMILES string of the molecule is CC(C)(C)OC(=O)NC1CC(=O)N(c2ccc(CBr)cc2)C1. The van der Waals surface area contributed by atoms with Crippen LogP contribution >= 0.6 is 15.9 Å². The zero-order valence-corrected chi connectivity index (χ0v) is 14.6. The molecule has 0 saturated carbocycles. The molecule has 1 heterocycles. The van der Waals surface area contributed by atoms with E-state index >= 15 is 0 Å². The Labute approximate surface area is 139 Å². The summed E-state index contributed by atoms with van der Waals surface area (Å²) in [5.41, 5.74) is 1.46. The molecule has 120 valence electrons. The van der Waals surface area contributed by atoms with E-state index in [4.69, 9.17) is 4.74 Å². The molecule has 1 aliphatic heterocycles. The minimum absolute atomic E-state index is 0.00708. The van der Waals surface area contributed by atoms with Crippen molar-refractivity contribution in [1.82, 2.24) is 5.32 Å². The van der Waals surface area contributed by atoms with Gasteiger partial charge in [0, 0.05) is 24.0 Å². The number of benzene rings is 1. The van der Waals surface area contributed by atoms with Gasteiger partial charge in [0.15, 0.2) is 0 Å². The van der Waals surface area contributed by atoms with Gasteiger partial charge in [0.25, 0.3) is 0 Å². The number of anilines is 1. The second-order valence-corrected chi connectivity index (χ2v) is 6.91. The highest BCUT2D eigenvalue weighted by molar-refractivity contribution is 9.08. The molecule has 1 aliphatic rings. The van der Waals surface area contributed by atoms with E-state index in [1.54, 1.807) is 4.90 Å². The molecular weight excluding hydrogens is 348 g/mol. The molecule has 0 aliphatic carbocycles. The number of hydrogen-bond acceptors (Lipinski definition) is 3. The van der Waals surface area contributed by atoms with Crippen molar-refractivity contribution < 1.29 is 14.3 Å². The number of halogens is 1. The molecule has 0 aromatic heterocycles. The Kier molecular flexibility index (Phi) is 5.11. The smallest absolute Gasteiger partial charge is 0.407 e. The molecule has 6 heteroatoms. The maximum atomic E-state index is 12.1. The van der Waals surface area contributed by atoms with Gasteiger partial charge < -0.3 is 15.0 Å². The molecule has 2 amide bonds. The maximum absolute atomic E-state index is 12.1. The predicted octanol–water partition coefficient (Wildman–Crippen LogP) is 3.21. The van der Waals surface area contributed by atoms with Gasteiger partial charge in [-0.25, -0.2) is 4.79 Å². The summed E-state index contributed by atoms with van der Waals surface area (Å²) in [7, 11) is 0. The van der Waals surface area contributed by atoms with Crippen LogP contribution in [0, 0.1) is 0 Å². The van der Waals surface area contributed by atoms with E-state index < -0.39 is 11.7 Å². The summed E-state index contributed by atoms with van der Waals surface area (Å²) >= 11 is 3.40. The third-order valence-corrected chi connectivity index (χ3v) is 3.90. The lowest BCUT2D eigenvalue weighted by molar-refractivity contribution is -0.117. The van der Waals surface area contributed by atoms with E-state index in [0.717, 1.165) is 16.6 Å². The number of carbonyl (C=O) groups is 2. The average molecular weight is 369 g/mol. The van der Waals surface area contributed by atoms with Crippen molar-refractivity contribution in [2.75, 3.05) is 11.4 Å². The molecule has 0 radical (unpaired) electrons. The Morgan fingerprint density at radius 1 is 1.36 bits per heavy atom. The number of nitrogens with one attached hydrogen (secondary N) is 1. The Morgan fingerprint density at radius 2 is 2.00 bits per heavy atom. The number of nitrogens with zero attached hydrogens (tertiary/aromatic N) is 1. The van der Waals surface area contributed by atoms with Crippen molar-refractivity contribution in [3.05, 3.63) is 29.8 Å². The summed E-state index contributed by atoms with van der Waals surface area (Å²) in [5, 5.41) is 3.54. The van der Waals surface area contributed by atoms with Crippen LogP contribution in [0.3, 0.4) is 0 Å². The minimum atomic E-state index is -0.544. The monoisotopic (exact) mass is 368 g/mol. The summed E-state index contributed by atoms with van der Waals surface area (Å²) in [6, 6.07) is 7.57. The van der Waals surface area contributed by atoms with Gasteiger partial charge in [-0.05, 0) is 38.5 Å². The molecule has 5 nitrogen and oxygen atoms in total. The highest BCUT2D eigenvalue weighted by Gasteiger charge is 2.32. The van der Waals surface area contributed by atoms with Crippen molar-refractivity contribution in [2.24, 2.45) is 0 Å². The van der Waals surface area contributed by atoms with Crippen molar-refractivity contribution in [3.8, 4) is 0 Å². The van der Waals surface area contributed by atoms with E-state index in [2.05, 4.69) is 21.2 Å². The van der Waals surface area contributed by atoms with Gasteiger partial charge in [0.1, 0.15) is 5.60 Å². The lowest BCUT2D eigenvalue weighted by Gasteiger charge is -2.22. The van der Waals surface area contributed by atoms with E-state index in [0.29, 0.717) is 13.0 Å². The summed E-state index contributed by atoms with van der Waals surface area (Å²) in [5.74, 6) is 0.00708. The Balaban J connectivity index is 1.97. The molecule has 2 rings (SSSR count). The first-order valence-corrected chi connectivity index (χ1v) is 8.35. The van der Waals surface area contributed by atoms with Crippen molar-refractivity contribution >= 4 is 33.6 Å². The highest BCUT2D eigenvalue weighted by atomic mass is 79.9. The topological polar surface area (TPSA) is 58.6 Å². The number of ether oxygens (including phenoxy) is 1. The van der Waals surface area contributed by atoms with Gasteiger partial charge in [0.2, 0.25) is 5.91 Å². The summed E-state index contributed by atoms with van der Waals surface area (Å²) in [6.07, 6.45) is -0.193. The average Bonchev–Trinajstić information content (AvgIpc) is 2.77. The lowest BCUT2D eigenvalue weighted by Crippen LogP contribution is -2.40. The van der Waals surface area contributed by atoms with Crippen LogP contribution < -0.4 is 10.2 Å². The molecule has 22 heavy (non-hydrogen) atoms. The standard InChI is InChI=1S/C16H21BrN2O3/c1-16(2,3)22-15(21)18-12-8-14(20)19(10-12)13-6-4-11(9-17)5-7-13/h4-7,12H,8-10H2,1-3H3,(H,18,21). The number of carbonyl (C=O) groups excluding carboxylic acids is 2. The van der Waals surface area contributed by atoms with Crippen LogP contribution in [0.2, 0.25) is 0 Å². The van der Waals surface area contributed by atoms with Crippen LogP contribution in [0.5, 0.6) is 0 Å². The zero-order chi connectivity index (χ0) is 16.3. The van der Waals surface area contributed by atoms with Crippen LogP contribution in [-0.2, 0) is 14.9 Å². The van der Waals surface area contributed by atoms with Crippen molar-refractivity contribution in [1.29, 1.82) is 0 Å². The molecule has 0 spiro atoms. The molecule has 1 saturated heterocycles. The third kappa shape index (κ3) is 4.47. The zero-order valence-electron chi connectivity index (χ0n) is 13.1. The number of amides is 2. The normalized spacial score (nSPS) is 18.5. The Bertz CT molecular complexity index is 552. The molecule has 1 aromatic carbocycles. The fourth-order valence-corrected chi connectivity index (χ4v) is 2.67. The van der Waals surface area contributed by atoms with E-state index in [1.807, 2.05) is 45.0 Å². The number of alkyl carbamates (subject to hydrolysis) is 1. The van der Waals surface area contributed by atoms with Gasteiger partial charge in [-0.15, -0.1) is 0 Å². The Hall–Kier alpha value is -1.56. The van der Waals surface area contributed by atoms with Gasteiger partial charge in [-0.2, -0.15) is 0 Å². The Morgan fingerprint density at radius 3 is 2.55 bits per heavy atom. The summed E-state index contributed by atoms with van der Waals surface area (Å²) < 4.78 is 5.22. The quantitative estimate of drug-likeness (QED) is 0.833. The van der Waals surface area contributed by atoms with Crippen LogP contribution in [0.4, 0.5) is 10.5 Å².